The molecule has 0 aliphatic heterocycles. The summed E-state index contributed by atoms with van der Waals surface area (Å²) in [4.78, 5) is 0. The average molecular weight is 258 g/mol. The third kappa shape index (κ3) is 2.84. The summed E-state index contributed by atoms with van der Waals surface area (Å²) in [6.07, 6.45) is 3.98. The smallest absolute Gasteiger partial charge is 0.137 e. The van der Waals surface area contributed by atoms with Crippen molar-refractivity contribution in [3.05, 3.63) is 40.1 Å². The first kappa shape index (κ1) is 11.2. The maximum absolute atomic E-state index is 13.1. The Morgan fingerprint density at radius 3 is 2.86 bits per heavy atom. The Labute approximate surface area is 92.1 Å². The Hall–Kier alpha value is -0.830. The summed E-state index contributed by atoms with van der Waals surface area (Å²) < 4.78 is 13.6. The summed E-state index contributed by atoms with van der Waals surface area (Å²) in [7, 11) is 0. The molecule has 3 heteroatoms. The predicted octanol–water partition coefficient (Wildman–Crippen LogP) is 3.88. The molecule has 0 fully saturated rings. The molecule has 14 heavy (non-hydrogen) atoms. The van der Waals surface area contributed by atoms with Crippen molar-refractivity contribution in [1.29, 1.82) is 0 Å². The third-order valence-corrected chi connectivity index (χ3v) is 2.52. The van der Waals surface area contributed by atoms with Crippen molar-refractivity contribution in [2.75, 3.05) is 11.9 Å². The van der Waals surface area contributed by atoms with E-state index < -0.39 is 0 Å². The van der Waals surface area contributed by atoms with E-state index in [0.29, 0.717) is 4.47 Å². The van der Waals surface area contributed by atoms with Crippen molar-refractivity contribution in [2.24, 2.45) is 0 Å². The highest BCUT2D eigenvalue weighted by Gasteiger charge is 2.03. The number of benzene rings is 1. The van der Waals surface area contributed by atoms with Crippen LogP contribution in [-0.2, 0) is 0 Å². The van der Waals surface area contributed by atoms with E-state index in [2.05, 4.69) is 21.2 Å². The Morgan fingerprint density at radius 1 is 1.50 bits per heavy atom. The minimum Gasteiger partial charge on any atom is -0.381 e. The van der Waals surface area contributed by atoms with E-state index in [9.17, 15) is 4.39 Å². The molecule has 0 saturated heterocycles. The van der Waals surface area contributed by atoms with Gasteiger partial charge in [0.2, 0.25) is 0 Å². The molecule has 1 aromatic rings. The van der Waals surface area contributed by atoms with Gasteiger partial charge in [0.25, 0.3) is 0 Å². The number of hydrogen-bond donors (Lipinski definition) is 1. The van der Waals surface area contributed by atoms with Crippen LogP contribution >= 0.6 is 15.9 Å². The minimum atomic E-state index is -0.223. The summed E-state index contributed by atoms with van der Waals surface area (Å²) in [5.41, 5.74) is 1.87. The molecular formula is C11H13BrFN. The van der Waals surface area contributed by atoms with Gasteiger partial charge in [-0.25, -0.2) is 4.39 Å². The molecule has 1 N–H and O–H groups in total. The second-order valence-corrected chi connectivity index (χ2v) is 3.89. The van der Waals surface area contributed by atoms with Crippen LogP contribution < -0.4 is 5.32 Å². The first-order valence-corrected chi connectivity index (χ1v) is 5.25. The minimum absolute atomic E-state index is 0.223. The fraction of sp³-hybridized carbons (Fsp3) is 0.273. The van der Waals surface area contributed by atoms with Gasteiger partial charge in [-0.2, -0.15) is 0 Å². The van der Waals surface area contributed by atoms with E-state index in [1.165, 1.54) is 6.07 Å². The quantitative estimate of drug-likeness (QED) is 0.811. The van der Waals surface area contributed by atoms with Crippen molar-refractivity contribution in [3.8, 4) is 0 Å². The number of aryl methyl sites for hydroxylation is 1. The van der Waals surface area contributed by atoms with Gasteiger partial charge in [0.05, 0.1) is 4.47 Å². The second kappa shape index (κ2) is 5.15. The zero-order valence-corrected chi connectivity index (χ0v) is 9.86. The molecule has 0 amide bonds. The molecule has 0 saturated carbocycles. The molecule has 0 heterocycles. The van der Waals surface area contributed by atoms with Gasteiger partial charge in [0, 0.05) is 12.2 Å². The molecule has 76 valence electrons. The van der Waals surface area contributed by atoms with Crippen LogP contribution in [0, 0.1) is 12.7 Å². The molecule has 0 bridgehead atoms. The molecule has 0 aliphatic rings. The highest BCUT2D eigenvalue weighted by Crippen LogP contribution is 2.23. The third-order valence-electron chi connectivity index (χ3n) is 1.91. The number of anilines is 1. The zero-order valence-electron chi connectivity index (χ0n) is 8.27. The maximum Gasteiger partial charge on any atom is 0.137 e. The molecule has 0 radical (unpaired) electrons. The van der Waals surface area contributed by atoms with Crippen LogP contribution in [0.4, 0.5) is 10.1 Å². The lowest BCUT2D eigenvalue weighted by molar-refractivity contribution is 0.620. The van der Waals surface area contributed by atoms with Crippen molar-refractivity contribution in [1.82, 2.24) is 0 Å². The number of nitrogens with one attached hydrogen (secondary N) is 1. The monoisotopic (exact) mass is 257 g/mol. The van der Waals surface area contributed by atoms with Crippen molar-refractivity contribution >= 4 is 21.6 Å². The number of rotatable bonds is 3. The summed E-state index contributed by atoms with van der Waals surface area (Å²) in [5, 5.41) is 3.20. The number of halogens is 2. The molecule has 1 rings (SSSR count). The molecular weight excluding hydrogens is 245 g/mol. The molecule has 0 spiro atoms. The molecule has 0 aliphatic carbocycles. The first-order valence-electron chi connectivity index (χ1n) is 4.46. The predicted molar refractivity (Wildman–Crippen MR) is 62.1 cm³/mol. The highest BCUT2D eigenvalue weighted by atomic mass is 79.9. The van der Waals surface area contributed by atoms with E-state index in [-0.39, 0.29) is 5.82 Å². The Kier molecular flexibility index (Phi) is 4.14. The lowest BCUT2D eigenvalue weighted by atomic mass is 10.2. The largest absolute Gasteiger partial charge is 0.381 e. The van der Waals surface area contributed by atoms with Crippen molar-refractivity contribution in [3.63, 3.8) is 0 Å². The van der Waals surface area contributed by atoms with Gasteiger partial charge in [0.1, 0.15) is 5.82 Å². The molecule has 0 aromatic heterocycles. The number of allylic oxidation sites excluding steroid dienone is 1. The molecule has 1 nitrogen and oxygen atoms in total. The van der Waals surface area contributed by atoms with Crippen LogP contribution in [0.25, 0.3) is 0 Å². The fourth-order valence-corrected chi connectivity index (χ4v) is 1.47. The van der Waals surface area contributed by atoms with Crippen LogP contribution in [0.15, 0.2) is 28.8 Å². The lowest BCUT2D eigenvalue weighted by Gasteiger charge is -2.08. The summed E-state index contributed by atoms with van der Waals surface area (Å²) in [5.74, 6) is -0.223. The average Bonchev–Trinajstić information content (AvgIpc) is 2.14. The Morgan fingerprint density at radius 2 is 2.21 bits per heavy atom. The molecule has 0 unspecified atom stereocenters. The van der Waals surface area contributed by atoms with Crippen molar-refractivity contribution < 1.29 is 4.39 Å². The number of hydrogen-bond acceptors (Lipinski definition) is 1. The summed E-state index contributed by atoms with van der Waals surface area (Å²) >= 11 is 3.16. The van der Waals surface area contributed by atoms with Gasteiger partial charge in [0.15, 0.2) is 0 Å². The van der Waals surface area contributed by atoms with E-state index in [4.69, 9.17) is 0 Å². The first-order chi connectivity index (χ1) is 6.65. The van der Waals surface area contributed by atoms with Gasteiger partial charge < -0.3 is 5.32 Å². The lowest BCUT2D eigenvalue weighted by Crippen LogP contribution is -2.00. The van der Waals surface area contributed by atoms with Gasteiger partial charge in [-0.3, -0.25) is 0 Å². The standard InChI is InChI=1S/C11H13BrFN/c1-3-4-5-14-11-7-9(12)10(13)6-8(11)2/h3-4,6-7,14H,5H2,1-2H3/b4-3+. The van der Waals surface area contributed by atoms with Crippen LogP contribution in [0.3, 0.4) is 0 Å². The van der Waals surface area contributed by atoms with Gasteiger partial charge >= 0.3 is 0 Å². The van der Waals surface area contributed by atoms with E-state index in [1.807, 2.05) is 26.0 Å². The van der Waals surface area contributed by atoms with Crippen molar-refractivity contribution in [2.45, 2.75) is 13.8 Å². The maximum atomic E-state index is 13.1. The topological polar surface area (TPSA) is 12.0 Å². The molecule has 0 atom stereocenters. The highest BCUT2D eigenvalue weighted by molar-refractivity contribution is 9.10. The summed E-state index contributed by atoms with van der Waals surface area (Å²) in [6, 6.07) is 3.27. The van der Waals surface area contributed by atoms with E-state index in [1.54, 1.807) is 6.07 Å². The summed E-state index contributed by atoms with van der Waals surface area (Å²) in [6.45, 7) is 4.61. The van der Waals surface area contributed by atoms with E-state index in [0.717, 1.165) is 17.8 Å². The normalized spacial score (nSPS) is 10.9. The Balaban J connectivity index is 2.81. The van der Waals surface area contributed by atoms with Crippen LogP contribution in [0.1, 0.15) is 12.5 Å². The van der Waals surface area contributed by atoms with Gasteiger partial charge in [-0.1, -0.05) is 12.2 Å². The van der Waals surface area contributed by atoms with Gasteiger partial charge in [-0.05, 0) is 47.5 Å². The van der Waals surface area contributed by atoms with E-state index >= 15 is 0 Å². The second-order valence-electron chi connectivity index (χ2n) is 3.03. The van der Waals surface area contributed by atoms with Crippen LogP contribution in [0.2, 0.25) is 0 Å². The zero-order chi connectivity index (χ0) is 10.6. The fourth-order valence-electron chi connectivity index (χ4n) is 1.12. The van der Waals surface area contributed by atoms with Crippen LogP contribution in [-0.4, -0.2) is 6.54 Å². The van der Waals surface area contributed by atoms with Gasteiger partial charge in [-0.15, -0.1) is 0 Å². The molecule has 1 aromatic carbocycles. The SMILES string of the molecule is C/C=C/CNc1cc(Br)c(F)cc1C. The van der Waals surface area contributed by atoms with Crippen LogP contribution in [0.5, 0.6) is 0 Å². The Bertz CT molecular complexity index is 347.